The Morgan fingerprint density at radius 1 is 1.20 bits per heavy atom. The average molecular weight is 217 g/mol. The maximum Gasteiger partial charge on any atom is 0.305 e. The van der Waals surface area contributed by atoms with Crippen molar-refractivity contribution in [2.45, 2.75) is 32.6 Å². The van der Waals surface area contributed by atoms with Crippen molar-refractivity contribution in [1.29, 1.82) is 0 Å². The van der Waals surface area contributed by atoms with Gasteiger partial charge in [0.15, 0.2) is 0 Å². The van der Waals surface area contributed by atoms with E-state index < -0.39 is 5.97 Å². The van der Waals surface area contributed by atoms with Crippen LogP contribution in [0.2, 0.25) is 0 Å². The molecule has 0 saturated heterocycles. The lowest BCUT2D eigenvalue weighted by atomic mass is 10.2. The van der Waals surface area contributed by atoms with Crippen LogP contribution in [0.25, 0.3) is 0 Å². The first-order valence-corrected chi connectivity index (χ1v) is 5.22. The van der Waals surface area contributed by atoms with E-state index in [2.05, 4.69) is 0 Å². The number of unbranched alkanes of at least 4 members (excludes halogenated alkanes) is 1. The van der Waals surface area contributed by atoms with Gasteiger partial charge in [-0.2, -0.15) is 0 Å². The zero-order valence-corrected chi connectivity index (χ0v) is 9.11. The molecule has 0 aliphatic heterocycles. The van der Waals surface area contributed by atoms with Gasteiger partial charge in [-0.1, -0.05) is 13.3 Å². The predicted octanol–water partition coefficient (Wildman–Crippen LogP) is 0.472. The molecule has 15 heavy (non-hydrogen) atoms. The first-order valence-electron chi connectivity index (χ1n) is 5.22. The Balaban J connectivity index is 4.00. The molecule has 1 amide bonds. The van der Waals surface area contributed by atoms with Gasteiger partial charge < -0.3 is 15.1 Å². The Kier molecular flexibility index (Phi) is 7.62. The van der Waals surface area contributed by atoms with E-state index in [1.165, 1.54) is 4.90 Å². The number of rotatable bonds is 8. The van der Waals surface area contributed by atoms with Gasteiger partial charge in [-0.3, -0.25) is 9.59 Å². The van der Waals surface area contributed by atoms with Crippen LogP contribution in [0.3, 0.4) is 0 Å². The van der Waals surface area contributed by atoms with E-state index in [9.17, 15) is 9.59 Å². The number of carboxylic acids is 1. The summed E-state index contributed by atoms with van der Waals surface area (Å²) in [5.41, 5.74) is 0. The molecular weight excluding hydrogens is 198 g/mol. The number of hydrogen-bond acceptors (Lipinski definition) is 3. The normalized spacial score (nSPS) is 10.0. The summed E-state index contributed by atoms with van der Waals surface area (Å²) >= 11 is 0. The fourth-order valence-corrected chi connectivity index (χ4v) is 1.20. The van der Waals surface area contributed by atoms with Crippen molar-refractivity contribution in [2.24, 2.45) is 0 Å². The van der Waals surface area contributed by atoms with Gasteiger partial charge in [0.25, 0.3) is 0 Å². The lowest BCUT2D eigenvalue weighted by Gasteiger charge is -2.20. The smallest absolute Gasteiger partial charge is 0.305 e. The number of aliphatic hydroxyl groups excluding tert-OH is 1. The van der Waals surface area contributed by atoms with E-state index in [0.29, 0.717) is 6.42 Å². The molecule has 0 fully saturated rings. The van der Waals surface area contributed by atoms with E-state index in [1.54, 1.807) is 0 Å². The van der Waals surface area contributed by atoms with Crippen LogP contribution in [0.5, 0.6) is 0 Å². The highest BCUT2D eigenvalue weighted by atomic mass is 16.4. The highest BCUT2D eigenvalue weighted by Crippen LogP contribution is 2.01. The van der Waals surface area contributed by atoms with Gasteiger partial charge in [0.05, 0.1) is 13.0 Å². The molecule has 0 rings (SSSR count). The maximum atomic E-state index is 11.5. The second-order valence-electron chi connectivity index (χ2n) is 3.35. The molecule has 0 aromatic heterocycles. The molecule has 5 nitrogen and oxygen atoms in total. The summed E-state index contributed by atoms with van der Waals surface area (Å²) in [4.78, 5) is 23.3. The number of carbonyl (C=O) groups excluding carboxylic acids is 1. The zero-order valence-electron chi connectivity index (χ0n) is 9.11. The Labute approximate surface area is 89.7 Å². The van der Waals surface area contributed by atoms with E-state index >= 15 is 0 Å². The Morgan fingerprint density at radius 3 is 2.33 bits per heavy atom. The second-order valence-corrected chi connectivity index (χ2v) is 3.35. The number of aliphatic hydroxyl groups is 1. The molecule has 0 aromatic carbocycles. The number of carbonyl (C=O) groups is 2. The predicted molar refractivity (Wildman–Crippen MR) is 55.4 cm³/mol. The fraction of sp³-hybridized carbons (Fsp3) is 0.800. The van der Waals surface area contributed by atoms with Crippen LogP contribution >= 0.6 is 0 Å². The first-order chi connectivity index (χ1) is 7.11. The zero-order chi connectivity index (χ0) is 11.7. The summed E-state index contributed by atoms with van der Waals surface area (Å²) in [6.07, 6.45) is 2.08. The molecule has 0 bridgehead atoms. The SMILES string of the molecule is CCCCC(=O)N(CCO)CCC(=O)O. The Morgan fingerprint density at radius 2 is 1.87 bits per heavy atom. The molecule has 0 radical (unpaired) electrons. The molecule has 5 heteroatoms. The molecule has 0 atom stereocenters. The fourth-order valence-electron chi connectivity index (χ4n) is 1.20. The lowest BCUT2D eigenvalue weighted by molar-refractivity contribution is -0.138. The van der Waals surface area contributed by atoms with Crippen LogP contribution in [-0.2, 0) is 9.59 Å². The highest BCUT2D eigenvalue weighted by Gasteiger charge is 2.13. The summed E-state index contributed by atoms with van der Waals surface area (Å²) in [5.74, 6) is -1.01. The average Bonchev–Trinajstić information content (AvgIpc) is 2.20. The lowest BCUT2D eigenvalue weighted by Crippen LogP contribution is -2.35. The molecule has 0 heterocycles. The minimum atomic E-state index is -0.929. The third-order valence-electron chi connectivity index (χ3n) is 2.06. The summed E-state index contributed by atoms with van der Waals surface area (Å²) in [7, 11) is 0. The summed E-state index contributed by atoms with van der Waals surface area (Å²) in [5, 5.41) is 17.2. The van der Waals surface area contributed by atoms with E-state index in [0.717, 1.165) is 12.8 Å². The van der Waals surface area contributed by atoms with Crippen LogP contribution in [0, 0.1) is 0 Å². The molecule has 0 aromatic rings. The van der Waals surface area contributed by atoms with Crippen LogP contribution in [0.4, 0.5) is 0 Å². The van der Waals surface area contributed by atoms with Crippen LogP contribution in [-0.4, -0.2) is 46.7 Å². The van der Waals surface area contributed by atoms with Crippen molar-refractivity contribution >= 4 is 11.9 Å². The molecule has 0 spiro atoms. The largest absolute Gasteiger partial charge is 0.481 e. The molecule has 0 saturated carbocycles. The van der Waals surface area contributed by atoms with Crippen molar-refractivity contribution < 1.29 is 19.8 Å². The van der Waals surface area contributed by atoms with Crippen molar-refractivity contribution in [3.8, 4) is 0 Å². The van der Waals surface area contributed by atoms with Gasteiger partial charge >= 0.3 is 5.97 Å². The summed E-state index contributed by atoms with van der Waals surface area (Å²) in [6, 6.07) is 0. The first kappa shape index (κ1) is 13.9. The Bertz CT molecular complexity index is 206. The second kappa shape index (κ2) is 8.23. The topological polar surface area (TPSA) is 77.8 Å². The number of carboxylic acid groups (broad SMARTS) is 1. The van der Waals surface area contributed by atoms with Gasteiger partial charge in [-0.15, -0.1) is 0 Å². The van der Waals surface area contributed by atoms with Crippen molar-refractivity contribution in [2.75, 3.05) is 19.7 Å². The minimum Gasteiger partial charge on any atom is -0.481 e. The number of amides is 1. The van der Waals surface area contributed by atoms with Crippen molar-refractivity contribution in [3.63, 3.8) is 0 Å². The number of hydrogen-bond donors (Lipinski definition) is 2. The van der Waals surface area contributed by atoms with Crippen molar-refractivity contribution in [1.82, 2.24) is 4.90 Å². The molecule has 0 aliphatic carbocycles. The van der Waals surface area contributed by atoms with Crippen LogP contribution in [0.1, 0.15) is 32.6 Å². The molecule has 88 valence electrons. The number of aliphatic carboxylic acids is 1. The van der Waals surface area contributed by atoms with Gasteiger partial charge in [-0.05, 0) is 6.42 Å². The van der Waals surface area contributed by atoms with Gasteiger partial charge in [0.2, 0.25) is 5.91 Å². The molecule has 2 N–H and O–H groups in total. The highest BCUT2D eigenvalue weighted by molar-refractivity contribution is 5.77. The van der Waals surface area contributed by atoms with E-state index in [-0.39, 0.29) is 32.0 Å². The molecule has 0 unspecified atom stereocenters. The van der Waals surface area contributed by atoms with Gasteiger partial charge in [-0.25, -0.2) is 0 Å². The third-order valence-corrected chi connectivity index (χ3v) is 2.06. The Hall–Kier alpha value is -1.10. The van der Waals surface area contributed by atoms with Crippen molar-refractivity contribution in [3.05, 3.63) is 0 Å². The standard InChI is InChI=1S/C10H19NO4/c1-2-3-4-9(13)11(7-8-12)6-5-10(14)15/h12H,2-8H2,1H3,(H,14,15). The third kappa shape index (κ3) is 6.90. The van der Waals surface area contributed by atoms with Gasteiger partial charge in [0, 0.05) is 19.5 Å². The van der Waals surface area contributed by atoms with Crippen LogP contribution in [0.15, 0.2) is 0 Å². The number of nitrogens with zero attached hydrogens (tertiary/aromatic N) is 1. The van der Waals surface area contributed by atoms with E-state index in [1.807, 2.05) is 6.92 Å². The quantitative estimate of drug-likeness (QED) is 0.619. The molecule has 0 aliphatic rings. The van der Waals surface area contributed by atoms with Gasteiger partial charge in [0.1, 0.15) is 0 Å². The maximum absolute atomic E-state index is 11.5. The minimum absolute atomic E-state index is 0.0716. The summed E-state index contributed by atoms with van der Waals surface area (Å²) in [6.45, 7) is 2.26. The van der Waals surface area contributed by atoms with E-state index in [4.69, 9.17) is 10.2 Å². The summed E-state index contributed by atoms with van der Waals surface area (Å²) < 4.78 is 0. The monoisotopic (exact) mass is 217 g/mol. The molecular formula is C10H19NO4. The van der Waals surface area contributed by atoms with Crippen LogP contribution < -0.4 is 0 Å².